The summed E-state index contributed by atoms with van der Waals surface area (Å²) in [6, 6.07) is 0. The molecule has 0 bridgehead atoms. The highest BCUT2D eigenvalue weighted by atomic mass is 16.5. The molecule has 1 saturated heterocycles. The van der Waals surface area contributed by atoms with E-state index in [1.54, 1.807) is 0 Å². The lowest BCUT2D eigenvalue weighted by molar-refractivity contribution is 0.0363. The summed E-state index contributed by atoms with van der Waals surface area (Å²) in [5, 5.41) is 0.379. The van der Waals surface area contributed by atoms with Crippen molar-refractivity contribution >= 4 is 16.8 Å². The van der Waals surface area contributed by atoms with Crippen molar-refractivity contribution in [1.29, 1.82) is 0 Å². The van der Waals surface area contributed by atoms with Crippen molar-refractivity contribution < 1.29 is 9.53 Å². The molecular weight excluding hydrogens is 336 g/mol. The second-order valence-electron chi connectivity index (χ2n) is 7.15. The minimum atomic E-state index is -0.460. The predicted molar refractivity (Wildman–Crippen MR) is 95.7 cm³/mol. The van der Waals surface area contributed by atoms with Gasteiger partial charge in [-0.1, -0.05) is 6.92 Å². The third-order valence-corrected chi connectivity index (χ3v) is 5.25. The maximum Gasteiger partial charge on any atom is 0.330 e. The van der Waals surface area contributed by atoms with Gasteiger partial charge in [0, 0.05) is 44.4 Å². The Hall–Kier alpha value is -2.32. The highest BCUT2D eigenvalue weighted by Gasteiger charge is 2.27. The number of ketones is 1. The van der Waals surface area contributed by atoms with E-state index in [1.807, 2.05) is 6.92 Å². The van der Waals surface area contributed by atoms with Crippen molar-refractivity contribution in [3.05, 3.63) is 38.2 Å². The van der Waals surface area contributed by atoms with Crippen LogP contribution in [0, 0.1) is 5.92 Å². The van der Waals surface area contributed by atoms with Gasteiger partial charge in [0.15, 0.2) is 5.78 Å². The molecule has 1 aliphatic heterocycles. The van der Waals surface area contributed by atoms with E-state index in [9.17, 15) is 14.4 Å². The zero-order valence-electron chi connectivity index (χ0n) is 14.8. The van der Waals surface area contributed by atoms with Gasteiger partial charge in [0.1, 0.15) is 5.65 Å². The molecule has 4 rings (SSSR count). The minimum Gasteiger partial charge on any atom is -0.379 e. The maximum absolute atomic E-state index is 12.5. The number of pyridine rings is 1. The number of aromatic nitrogens is 3. The van der Waals surface area contributed by atoms with Crippen molar-refractivity contribution in [2.75, 3.05) is 32.8 Å². The van der Waals surface area contributed by atoms with Crippen LogP contribution in [0.2, 0.25) is 0 Å². The van der Waals surface area contributed by atoms with Gasteiger partial charge in [0.25, 0.3) is 5.56 Å². The molecule has 26 heavy (non-hydrogen) atoms. The van der Waals surface area contributed by atoms with Gasteiger partial charge in [-0.2, -0.15) is 0 Å². The summed E-state index contributed by atoms with van der Waals surface area (Å²) in [6.07, 6.45) is 2.63. The molecule has 8 heteroatoms. The maximum atomic E-state index is 12.5. The van der Waals surface area contributed by atoms with Crippen molar-refractivity contribution in [3.8, 4) is 0 Å². The Bertz CT molecular complexity index is 972. The summed E-state index contributed by atoms with van der Waals surface area (Å²) >= 11 is 0. The normalized spacial score (nSPS) is 21.1. The third kappa shape index (κ3) is 2.99. The first-order valence-corrected chi connectivity index (χ1v) is 9.02. The fourth-order valence-corrected chi connectivity index (χ4v) is 3.88. The lowest BCUT2D eigenvalue weighted by Crippen LogP contribution is -2.40. The van der Waals surface area contributed by atoms with Crippen LogP contribution in [0.4, 0.5) is 0 Å². The summed E-state index contributed by atoms with van der Waals surface area (Å²) in [5.41, 5.74) is 0.685. The van der Waals surface area contributed by atoms with Crippen molar-refractivity contribution in [2.45, 2.75) is 26.3 Å². The van der Waals surface area contributed by atoms with E-state index in [-0.39, 0.29) is 11.7 Å². The average molecular weight is 358 g/mol. The van der Waals surface area contributed by atoms with Crippen LogP contribution in [0.5, 0.6) is 0 Å². The standard InChI is InChI=1S/C18H22N4O4/c1-11-8-12-13(14(23)9-11)10-19-16-15(12)17(24)20-18(25)22(16)3-2-21-4-6-26-7-5-21/h10-11H,2-9H2,1H3,(H,20,24,25)/t11-/m0/s1. The van der Waals surface area contributed by atoms with E-state index in [1.165, 1.54) is 10.8 Å². The Labute approximate surface area is 149 Å². The molecule has 8 nitrogen and oxygen atoms in total. The second kappa shape index (κ2) is 6.77. The van der Waals surface area contributed by atoms with Crippen LogP contribution in [0.25, 0.3) is 11.0 Å². The monoisotopic (exact) mass is 358 g/mol. The number of H-pyrrole nitrogens is 1. The molecule has 0 saturated carbocycles. The lowest BCUT2D eigenvalue weighted by atomic mass is 9.84. The van der Waals surface area contributed by atoms with Gasteiger partial charge >= 0.3 is 5.69 Å². The second-order valence-corrected chi connectivity index (χ2v) is 7.15. The van der Waals surface area contributed by atoms with Crippen molar-refractivity contribution in [3.63, 3.8) is 0 Å². The zero-order chi connectivity index (χ0) is 18.3. The molecule has 1 fully saturated rings. The van der Waals surface area contributed by atoms with Crippen molar-refractivity contribution in [2.24, 2.45) is 5.92 Å². The number of nitrogens with one attached hydrogen (secondary N) is 1. The molecule has 2 aromatic rings. The van der Waals surface area contributed by atoms with Crippen LogP contribution in [0.15, 0.2) is 15.8 Å². The fraction of sp³-hybridized carbons (Fsp3) is 0.556. The first-order valence-electron chi connectivity index (χ1n) is 9.02. The van der Waals surface area contributed by atoms with Gasteiger partial charge in [-0.3, -0.25) is 24.0 Å². The minimum absolute atomic E-state index is 0.0126. The molecule has 0 amide bonds. The Morgan fingerprint density at radius 2 is 1.96 bits per heavy atom. The van der Waals surface area contributed by atoms with Crippen LogP contribution >= 0.6 is 0 Å². The summed E-state index contributed by atoms with van der Waals surface area (Å²) in [7, 11) is 0. The highest BCUT2D eigenvalue weighted by molar-refractivity contribution is 6.02. The molecule has 1 atom stereocenters. The number of carbonyl (C=O) groups excluding carboxylic acids is 1. The number of hydrogen-bond donors (Lipinski definition) is 1. The summed E-state index contributed by atoms with van der Waals surface area (Å²) in [6.45, 7) is 6.13. The molecule has 0 radical (unpaired) electrons. The summed E-state index contributed by atoms with van der Waals surface area (Å²) in [5.74, 6) is 0.187. The van der Waals surface area contributed by atoms with Gasteiger partial charge < -0.3 is 4.74 Å². The first-order chi connectivity index (χ1) is 12.5. The quantitative estimate of drug-likeness (QED) is 0.841. The number of morpholine rings is 1. The number of fused-ring (bicyclic) bond motifs is 3. The molecule has 1 N–H and O–H groups in total. The molecule has 2 aliphatic rings. The lowest BCUT2D eigenvalue weighted by Gasteiger charge is -2.27. The largest absolute Gasteiger partial charge is 0.379 e. The fourth-order valence-electron chi connectivity index (χ4n) is 3.88. The number of ether oxygens (including phenoxy) is 1. The van der Waals surface area contributed by atoms with Crippen LogP contribution < -0.4 is 11.2 Å². The zero-order valence-corrected chi connectivity index (χ0v) is 14.8. The van der Waals surface area contributed by atoms with Gasteiger partial charge in [-0.05, 0) is 17.9 Å². The number of carbonyl (C=O) groups is 1. The molecule has 1 aliphatic carbocycles. The molecule has 138 valence electrons. The van der Waals surface area contributed by atoms with Gasteiger partial charge in [0.05, 0.1) is 18.6 Å². The molecule has 0 spiro atoms. The average Bonchev–Trinajstić information content (AvgIpc) is 2.61. The summed E-state index contributed by atoms with van der Waals surface area (Å²) < 4.78 is 6.85. The third-order valence-electron chi connectivity index (χ3n) is 5.25. The van der Waals surface area contributed by atoms with E-state index in [0.29, 0.717) is 55.7 Å². The van der Waals surface area contributed by atoms with Crippen LogP contribution in [0.1, 0.15) is 29.3 Å². The number of hydrogen-bond acceptors (Lipinski definition) is 6. The van der Waals surface area contributed by atoms with E-state index >= 15 is 0 Å². The predicted octanol–water partition coefficient (Wildman–Crippen LogP) is 0.182. The van der Waals surface area contributed by atoms with Crippen LogP contribution in [-0.2, 0) is 17.7 Å². The van der Waals surface area contributed by atoms with Gasteiger partial charge in [-0.15, -0.1) is 0 Å². The number of rotatable bonds is 3. The molecule has 3 heterocycles. The highest BCUT2D eigenvalue weighted by Crippen LogP contribution is 2.28. The molecular formula is C18H22N4O4. The Balaban J connectivity index is 1.78. The SMILES string of the molecule is C[C@@H]1CC(=O)c2cnc3c(c2C1)c(=O)[nH]c(=O)n3CCN1CCOCC1. The van der Waals surface area contributed by atoms with E-state index in [0.717, 1.165) is 18.7 Å². The van der Waals surface area contributed by atoms with E-state index in [2.05, 4.69) is 14.9 Å². The smallest absolute Gasteiger partial charge is 0.330 e. The van der Waals surface area contributed by atoms with Crippen molar-refractivity contribution in [1.82, 2.24) is 19.4 Å². The molecule has 0 aromatic carbocycles. The number of aromatic amines is 1. The Morgan fingerprint density at radius 1 is 1.19 bits per heavy atom. The van der Waals surface area contributed by atoms with Gasteiger partial charge in [0.2, 0.25) is 0 Å². The Morgan fingerprint density at radius 3 is 2.73 bits per heavy atom. The molecule has 2 aromatic heterocycles. The number of nitrogens with zero attached hydrogens (tertiary/aromatic N) is 3. The molecule has 0 unspecified atom stereocenters. The topological polar surface area (TPSA) is 97.3 Å². The summed E-state index contributed by atoms with van der Waals surface area (Å²) in [4.78, 5) is 46.1. The van der Waals surface area contributed by atoms with Gasteiger partial charge in [-0.25, -0.2) is 9.78 Å². The van der Waals surface area contributed by atoms with Crippen LogP contribution in [0.3, 0.4) is 0 Å². The van der Waals surface area contributed by atoms with E-state index < -0.39 is 11.2 Å². The Kier molecular flexibility index (Phi) is 4.46. The first kappa shape index (κ1) is 17.1. The number of Topliss-reactive ketones (excluding diaryl/α,β-unsaturated/α-hetero) is 1. The van der Waals surface area contributed by atoms with E-state index in [4.69, 9.17) is 4.74 Å². The van der Waals surface area contributed by atoms with Crippen LogP contribution in [-0.4, -0.2) is 58.1 Å².